The SMILES string of the molecule is CC(CC(=O)Nc1cccc(N2CCCC2)c1)NC(=O)c1ccc(-c2ccco2)[nH]c1=O. The number of anilines is 2. The van der Waals surface area contributed by atoms with Crippen LogP contribution in [0.15, 0.2) is 64.0 Å². The van der Waals surface area contributed by atoms with Crippen molar-refractivity contribution in [2.24, 2.45) is 0 Å². The van der Waals surface area contributed by atoms with Crippen LogP contribution in [-0.4, -0.2) is 35.9 Å². The second-order valence-electron chi connectivity index (χ2n) is 7.96. The van der Waals surface area contributed by atoms with E-state index < -0.39 is 17.5 Å². The summed E-state index contributed by atoms with van der Waals surface area (Å²) in [6.07, 6.45) is 3.95. The quantitative estimate of drug-likeness (QED) is 0.528. The fraction of sp³-hybridized carbons (Fsp3) is 0.292. The fourth-order valence-electron chi connectivity index (χ4n) is 3.83. The highest BCUT2D eigenvalue weighted by Gasteiger charge is 2.17. The molecule has 0 bridgehead atoms. The first-order valence-corrected chi connectivity index (χ1v) is 10.7. The molecular weight excluding hydrogens is 408 g/mol. The Morgan fingerprint density at radius 2 is 1.94 bits per heavy atom. The van der Waals surface area contributed by atoms with Crippen molar-refractivity contribution in [3.63, 3.8) is 0 Å². The van der Waals surface area contributed by atoms with E-state index in [2.05, 4.69) is 20.5 Å². The van der Waals surface area contributed by atoms with Gasteiger partial charge in [0.2, 0.25) is 5.91 Å². The number of furan rings is 1. The van der Waals surface area contributed by atoms with Gasteiger partial charge >= 0.3 is 0 Å². The lowest BCUT2D eigenvalue weighted by molar-refractivity contribution is -0.116. The maximum Gasteiger partial charge on any atom is 0.261 e. The molecule has 1 aromatic carbocycles. The average molecular weight is 434 g/mol. The van der Waals surface area contributed by atoms with E-state index in [0.29, 0.717) is 11.5 Å². The number of rotatable bonds is 7. The zero-order valence-electron chi connectivity index (χ0n) is 17.9. The molecule has 32 heavy (non-hydrogen) atoms. The van der Waals surface area contributed by atoms with Crippen molar-refractivity contribution in [3.8, 4) is 11.5 Å². The first-order valence-electron chi connectivity index (χ1n) is 10.7. The molecule has 1 atom stereocenters. The van der Waals surface area contributed by atoms with Crippen molar-refractivity contribution in [2.75, 3.05) is 23.3 Å². The molecule has 3 N–H and O–H groups in total. The van der Waals surface area contributed by atoms with E-state index in [0.717, 1.165) is 24.5 Å². The number of hydrogen-bond acceptors (Lipinski definition) is 5. The molecule has 166 valence electrons. The van der Waals surface area contributed by atoms with Gasteiger partial charge in [0.15, 0.2) is 0 Å². The minimum atomic E-state index is -0.534. The number of carbonyl (C=O) groups is 2. The Balaban J connectivity index is 1.33. The second kappa shape index (κ2) is 9.55. The Morgan fingerprint density at radius 3 is 2.66 bits per heavy atom. The normalized spacial score (nSPS) is 14.2. The number of aromatic nitrogens is 1. The molecule has 1 aliphatic rings. The number of carbonyl (C=O) groups excluding carboxylic acids is 2. The van der Waals surface area contributed by atoms with Gasteiger partial charge in [0.1, 0.15) is 11.3 Å². The zero-order chi connectivity index (χ0) is 22.5. The van der Waals surface area contributed by atoms with E-state index in [1.54, 1.807) is 25.1 Å². The third kappa shape index (κ3) is 5.08. The van der Waals surface area contributed by atoms with Crippen LogP contribution < -0.4 is 21.1 Å². The summed E-state index contributed by atoms with van der Waals surface area (Å²) >= 11 is 0. The molecule has 3 aromatic rings. The molecule has 1 unspecified atom stereocenters. The molecule has 4 rings (SSSR count). The van der Waals surface area contributed by atoms with E-state index in [4.69, 9.17) is 4.42 Å². The van der Waals surface area contributed by atoms with Gasteiger partial charge in [-0.2, -0.15) is 0 Å². The first kappa shape index (κ1) is 21.4. The summed E-state index contributed by atoms with van der Waals surface area (Å²) < 4.78 is 5.25. The van der Waals surface area contributed by atoms with Gasteiger partial charge in [-0.15, -0.1) is 0 Å². The number of benzene rings is 1. The number of nitrogens with one attached hydrogen (secondary N) is 3. The molecule has 0 radical (unpaired) electrons. The van der Waals surface area contributed by atoms with Crippen LogP contribution in [0.5, 0.6) is 0 Å². The van der Waals surface area contributed by atoms with Crippen LogP contribution in [0, 0.1) is 0 Å². The summed E-state index contributed by atoms with van der Waals surface area (Å²) in [6.45, 7) is 3.79. The maximum atomic E-state index is 12.5. The molecule has 0 aliphatic carbocycles. The van der Waals surface area contributed by atoms with Crippen LogP contribution in [0.25, 0.3) is 11.5 Å². The molecule has 0 spiro atoms. The Hall–Kier alpha value is -3.81. The Labute approximate surface area is 185 Å². The van der Waals surface area contributed by atoms with Crippen molar-refractivity contribution in [2.45, 2.75) is 32.2 Å². The van der Waals surface area contributed by atoms with Gasteiger partial charge in [-0.25, -0.2) is 0 Å². The summed E-state index contributed by atoms with van der Waals surface area (Å²) in [5, 5.41) is 5.60. The molecule has 1 aliphatic heterocycles. The molecule has 3 heterocycles. The highest BCUT2D eigenvalue weighted by Crippen LogP contribution is 2.23. The number of hydrogen-bond donors (Lipinski definition) is 3. The molecule has 8 nitrogen and oxygen atoms in total. The van der Waals surface area contributed by atoms with E-state index in [-0.39, 0.29) is 17.9 Å². The summed E-state index contributed by atoms with van der Waals surface area (Å²) in [5.74, 6) is -0.236. The third-order valence-electron chi connectivity index (χ3n) is 5.41. The van der Waals surface area contributed by atoms with Crippen molar-refractivity contribution < 1.29 is 14.0 Å². The van der Waals surface area contributed by atoms with E-state index >= 15 is 0 Å². The molecule has 2 amide bonds. The van der Waals surface area contributed by atoms with Crippen molar-refractivity contribution >= 4 is 23.2 Å². The molecular formula is C24H26N4O4. The molecule has 1 fully saturated rings. The van der Waals surface area contributed by atoms with Crippen molar-refractivity contribution in [1.82, 2.24) is 10.3 Å². The summed E-state index contributed by atoms with van der Waals surface area (Å²) in [7, 11) is 0. The molecule has 0 saturated carbocycles. The van der Waals surface area contributed by atoms with E-state index in [1.165, 1.54) is 25.2 Å². The number of aromatic amines is 1. The van der Waals surface area contributed by atoms with Crippen LogP contribution in [0.2, 0.25) is 0 Å². The average Bonchev–Trinajstić information content (AvgIpc) is 3.48. The lowest BCUT2D eigenvalue weighted by atomic mass is 10.1. The van der Waals surface area contributed by atoms with Gasteiger partial charge in [0, 0.05) is 36.9 Å². The smallest absolute Gasteiger partial charge is 0.261 e. The second-order valence-corrected chi connectivity index (χ2v) is 7.96. The highest BCUT2D eigenvalue weighted by molar-refractivity contribution is 5.95. The Morgan fingerprint density at radius 1 is 1.12 bits per heavy atom. The Kier molecular flexibility index (Phi) is 6.39. The van der Waals surface area contributed by atoms with Crippen molar-refractivity contribution in [3.05, 3.63) is 70.7 Å². The zero-order valence-corrected chi connectivity index (χ0v) is 17.9. The van der Waals surface area contributed by atoms with Gasteiger partial charge in [0.25, 0.3) is 11.5 Å². The van der Waals surface area contributed by atoms with Crippen LogP contribution >= 0.6 is 0 Å². The standard InChI is InChI=1S/C24H26N4O4/c1-16(14-22(29)26-17-6-4-7-18(15-17)28-11-2-3-12-28)25-23(30)19-9-10-20(27-24(19)31)21-8-5-13-32-21/h4-10,13,15-16H,2-3,11-12,14H2,1H3,(H,25,30)(H,26,29)(H,27,31). The lowest BCUT2D eigenvalue weighted by Crippen LogP contribution is -2.38. The first-order chi connectivity index (χ1) is 15.5. The van der Waals surface area contributed by atoms with Crippen molar-refractivity contribution in [1.29, 1.82) is 0 Å². The van der Waals surface area contributed by atoms with Gasteiger partial charge in [0.05, 0.1) is 12.0 Å². The third-order valence-corrected chi connectivity index (χ3v) is 5.41. The van der Waals surface area contributed by atoms with Crippen LogP contribution in [-0.2, 0) is 4.79 Å². The summed E-state index contributed by atoms with van der Waals surface area (Å²) in [5.41, 5.74) is 1.76. The van der Waals surface area contributed by atoms with Gasteiger partial charge in [-0.1, -0.05) is 6.07 Å². The minimum Gasteiger partial charge on any atom is -0.463 e. The topological polar surface area (TPSA) is 107 Å². The lowest BCUT2D eigenvalue weighted by Gasteiger charge is -2.19. The molecule has 8 heteroatoms. The number of H-pyrrole nitrogens is 1. The number of amides is 2. The van der Waals surface area contributed by atoms with E-state index in [9.17, 15) is 14.4 Å². The highest BCUT2D eigenvalue weighted by atomic mass is 16.3. The predicted octanol–water partition coefficient (Wildman–Crippen LogP) is 3.38. The van der Waals surface area contributed by atoms with Gasteiger partial charge < -0.3 is 24.9 Å². The minimum absolute atomic E-state index is 0.0223. The Bertz CT molecular complexity index is 1150. The predicted molar refractivity (Wildman–Crippen MR) is 123 cm³/mol. The van der Waals surface area contributed by atoms with Crippen LogP contribution in [0.1, 0.15) is 36.5 Å². The number of pyridine rings is 1. The monoisotopic (exact) mass is 434 g/mol. The summed E-state index contributed by atoms with van der Waals surface area (Å²) in [4.78, 5) is 42.2. The van der Waals surface area contributed by atoms with Crippen LogP contribution in [0.4, 0.5) is 11.4 Å². The fourth-order valence-corrected chi connectivity index (χ4v) is 3.83. The maximum absolute atomic E-state index is 12.5. The molecule has 1 saturated heterocycles. The largest absolute Gasteiger partial charge is 0.463 e. The van der Waals surface area contributed by atoms with Crippen LogP contribution in [0.3, 0.4) is 0 Å². The molecule has 2 aromatic heterocycles. The summed E-state index contributed by atoms with van der Waals surface area (Å²) in [6, 6.07) is 13.8. The number of nitrogens with zero attached hydrogens (tertiary/aromatic N) is 1. The van der Waals surface area contributed by atoms with E-state index in [1.807, 2.05) is 24.3 Å². The van der Waals surface area contributed by atoms with Gasteiger partial charge in [-0.3, -0.25) is 14.4 Å². The van der Waals surface area contributed by atoms with Gasteiger partial charge in [-0.05, 0) is 62.2 Å².